The van der Waals surface area contributed by atoms with Crippen molar-refractivity contribution in [3.05, 3.63) is 41.5 Å². The van der Waals surface area contributed by atoms with Gasteiger partial charge in [-0.25, -0.2) is 9.97 Å². The predicted octanol–water partition coefficient (Wildman–Crippen LogP) is 2.08. The molecule has 2 aromatic rings. The molecular formula is C21H29N5O2. The number of piperazine rings is 1. The highest BCUT2D eigenvalue weighted by Gasteiger charge is 2.24. The lowest BCUT2D eigenvalue weighted by Gasteiger charge is -2.34. The lowest BCUT2D eigenvalue weighted by molar-refractivity contribution is 0.0918. The molecule has 0 spiro atoms. The van der Waals surface area contributed by atoms with E-state index in [9.17, 15) is 4.79 Å². The molecule has 0 N–H and O–H groups in total. The second kappa shape index (κ2) is 8.41. The fraction of sp³-hybridized carbons (Fsp3) is 0.571. The number of aryl methyl sites for hydroxylation is 1. The largest absolute Gasteiger partial charge is 0.376 e. The van der Waals surface area contributed by atoms with Gasteiger partial charge < -0.3 is 14.2 Å². The van der Waals surface area contributed by atoms with Crippen LogP contribution in [0.5, 0.6) is 0 Å². The number of Topliss-reactive ketones (excluding diaryl/α,β-unsaturated/α-hetero) is 1. The number of rotatable bonds is 6. The number of ketones is 1. The molecule has 2 aromatic heterocycles. The topological polar surface area (TPSA) is 63.5 Å². The van der Waals surface area contributed by atoms with E-state index in [1.54, 1.807) is 12.4 Å². The maximum absolute atomic E-state index is 13.0. The van der Waals surface area contributed by atoms with Gasteiger partial charge >= 0.3 is 0 Å². The van der Waals surface area contributed by atoms with E-state index < -0.39 is 0 Å². The van der Waals surface area contributed by atoms with Crippen molar-refractivity contribution in [1.82, 2.24) is 19.4 Å². The van der Waals surface area contributed by atoms with Crippen LogP contribution >= 0.6 is 0 Å². The summed E-state index contributed by atoms with van der Waals surface area (Å²) in [4.78, 5) is 26.0. The van der Waals surface area contributed by atoms with Crippen molar-refractivity contribution >= 4 is 11.7 Å². The van der Waals surface area contributed by atoms with Crippen molar-refractivity contribution in [2.45, 2.75) is 39.3 Å². The van der Waals surface area contributed by atoms with E-state index in [0.717, 1.165) is 75.1 Å². The Morgan fingerprint density at radius 3 is 2.61 bits per heavy atom. The Hall–Kier alpha value is -2.25. The van der Waals surface area contributed by atoms with E-state index in [-0.39, 0.29) is 11.9 Å². The molecule has 7 nitrogen and oxygen atoms in total. The summed E-state index contributed by atoms with van der Waals surface area (Å²) >= 11 is 0. The van der Waals surface area contributed by atoms with Crippen LogP contribution in [0.15, 0.2) is 24.5 Å². The van der Waals surface area contributed by atoms with Crippen LogP contribution in [0.2, 0.25) is 0 Å². The summed E-state index contributed by atoms with van der Waals surface area (Å²) in [6, 6.07) is 3.87. The standard InChI is InChI=1S/C21H29N5O2/c1-16-13-19(17(2)26(16)14-18-5-3-12-28-18)20(27)15-24-8-10-25(11-9-24)21-22-6-4-7-23-21/h4,6-7,13,18H,3,5,8-12,14-15H2,1-2H3/t18-/m1/s1. The van der Waals surface area contributed by atoms with E-state index >= 15 is 0 Å². The van der Waals surface area contributed by atoms with E-state index in [2.05, 4.69) is 38.2 Å². The van der Waals surface area contributed by atoms with E-state index in [1.807, 2.05) is 12.1 Å². The normalized spacial score (nSPS) is 20.6. The molecular weight excluding hydrogens is 354 g/mol. The van der Waals surface area contributed by atoms with Gasteiger partial charge in [0.2, 0.25) is 5.95 Å². The number of ether oxygens (including phenoxy) is 1. The van der Waals surface area contributed by atoms with Crippen molar-refractivity contribution in [3.63, 3.8) is 0 Å². The predicted molar refractivity (Wildman–Crippen MR) is 108 cm³/mol. The molecule has 0 bridgehead atoms. The summed E-state index contributed by atoms with van der Waals surface area (Å²) in [6.45, 7) is 9.68. The molecule has 28 heavy (non-hydrogen) atoms. The molecule has 0 aliphatic carbocycles. The molecule has 4 rings (SSSR count). The van der Waals surface area contributed by atoms with Crippen molar-refractivity contribution in [1.29, 1.82) is 0 Å². The number of carbonyl (C=O) groups is 1. The molecule has 4 heterocycles. The lowest BCUT2D eigenvalue weighted by atomic mass is 10.1. The average molecular weight is 383 g/mol. The SMILES string of the molecule is Cc1cc(C(=O)CN2CCN(c3ncccn3)CC2)c(C)n1C[C@H]1CCCO1. The molecule has 1 atom stereocenters. The van der Waals surface area contributed by atoms with Crippen LogP contribution in [-0.2, 0) is 11.3 Å². The first kappa shape index (κ1) is 19.1. The van der Waals surface area contributed by atoms with Gasteiger partial charge in [0.05, 0.1) is 12.6 Å². The van der Waals surface area contributed by atoms with Gasteiger partial charge in [0, 0.05) is 68.7 Å². The van der Waals surface area contributed by atoms with Crippen LogP contribution in [0.25, 0.3) is 0 Å². The quantitative estimate of drug-likeness (QED) is 0.712. The highest BCUT2D eigenvalue weighted by Crippen LogP contribution is 2.21. The van der Waals surface area contributed by atoms with Crippen LogP contribution in [0.3, 0.4) is 0 Å². The van der Waals surface area contributed by atoms with Gasteiger partial charge in [-0.15, -0.1) is 0 Å². The molecule has 0 amide bonds. The minimum absolute atomic E-state index is 0.205. The lowest BCUT2D eigenvalue weighted by Crippen LogP contribution is -2.48. The summed E-state index contributed by atoms with van der Waals surface area (Å²) in [7, 11) is 0. The smallest absolute Gasteiger partial charge is 0.225 e. The van der Waals surface area contributed by atoms with Crippen LogP contribution in [0.4, 0.5) is 5.95 Å². The minimum Gasteiger partial charge on any atom is -0.376 e. The minimum atomic E-state index is 0.205. The molecule has 0 aromatic carbocycles. The number of carbonyl (C=O) groups excluding carboxylic acids is 1. The van der Waals surface area contributed by atoms with Gasteiger partial charge in [-0.05, 0) is 38.8 Å². The summed E-state index contributed by atoms with van der Waals surface area (Å²) in [5, 5.41) is 0. The summed E-state index contributed by atoms with van der Waals surface area (Å²) in [5.41, 5.74) is 3.06. The molecule has 7 heteroatoms. The Bertz CT molecular complexity index is 806. The summed E-state index contributed by atoms with van der Waals surface area (Å²) in [6.07, 6.45) is 6.06. The second-order valence-electron chi connectivity index (χ2n) is 7.77. The van der Waals surface area contributed by atoms with Crippen LogP contribution in [0, 0.1) is 13.8 Å². The van der Waals surface area contributed by atoms with Crippen molar-refractivity contribution in [3.8, 4) is 0 Å². The van der Waals surface area contributed by atoms with Gasteiger partial charge in [-0.1, -0.05) is 0 Å². The Morgan fingerprint density at radius 1 is 1.18 bits per heavy atom. The number of hydrogen-bond donors (Lipinski definition) is 0. The first-order valence-electron chi connectivity index (χ1n) is 10.2. The maximum atomic E-state index is 13.0. The highest BCUT2D eigenvalue weighted by molar-refractivity contribution is 5.99. The third kappa shape index (κ3) is 4.10. The highest BCUT2D eigenvalue weighted by atomic mass is 16.5. The number of hydrogen-bond acceptors (Lipinski definition) is 6. The second-order valence-corrected chi connectivity index (χ2v) is 7.77. The van der Waals surface area contributed by atoms with E-state index in [0.29, 0.717) is 6.54 Å². The Kier molecular flexibility index (Phi) is 5.73. The molecule has 2 saturated heterocycles. The molecule has 150 valence electrons. The molecule has 0 unspecified atom stereocenters. The van der Waals surface area contributed by atoms with E-state index in [4.69, 9.17) is 4.74 Å². The average Bonchev–Trinajstić information content (AvgIpc) is 3.33. The van der Waals surface area contributed by atoms with Crippen molar-refractivity contribution in [2.75, 3.05) is 44.2 Å². The van der Waals surface area contributed by atoms with Gasteiger partial charge in [0.15, 0.2) is 5.78 Å². The van der Waals surface area contributed by atoms with Gasteiger partial charge in [0.25, 0.3) is 0 Å². The van der Waals surface area contributed by atoms with E-state index in [1.165, 1.54) is 0 Å². The zero-order valence-corrected chi connectivity index (χ0v) is 16.8. The first-order valence-corrected chi connectivity index (χ1v) is 10.2. The van der Waals surface area contributed by atoms with Crippen LogP contribution < -0.4 is 4.90 Å². The Balaban J connectivity index is 1.35. The Morgan fingerprint density at radius 2 is 1.93 bits per heavy atom. The zero-order chi connectivity index (χ0) is 19.5. The third-order valence-corrected chi connectivity index (χ3v) is 5.86. The first-order chi connectivity index (χ1) is 13.6. The molecule has 0 saturated carbocycles. The van der Waals surface area contributed by atoms with Crippen LogP contribution in [0.1, 0.15) is 34.6 Å². The van der Waals surface area contributed by atoms with Gasteiger partial charge in [-0.3, -0.25) is 9.69 Å². The number of aromatic nitrogens is 3. The fourth-order valence-electron chi connectivity index (χ4n) is 4.21. The molecule has 2 fully saturated rings. The molecule has 0 radical (unpaired) electrons. The monoisotopic (exact) mass is 383 g/mol. The van der Waals surface area contributed by atoms with Crippen molar-refractivity contribution in [2.24, 2.45) is 0 Å². The summed E-state index contributed by atoms with van der Waals surface area (Å²) in [5.74, 6) is 0.974. The third-order valence-electron chi connectivity index (χ3n) is 5.86. The number of anilines is 1. The molecule has 2 aliphatic rings. The fourth-order valence-corrected chi connectivity index (χ4v) is 4.21. The van der Waals surface area contributed by atoms with Crippen molar-refractivity contribution < 1.29 is 9.53 Å². The van der Waals surface area contributed by atoms with Gasteiger partial charge in [-0.2, -0.15) is 0 Å². The number of nitrogens with zero attached hydrogens (tertiary/aromatic N) is 5. The molecule has 2 aliphatic heterocycles. The zero-order valence-electron chi connectivity index (χ0n) is 16.8. The maximum Gasteiger partial charge on any atom is 0.225 e. The summed E-state index contributed by atoms with van der Waals surface area (Å²) < 4.78 is 8.02. The van der Waals surface area contributed by atoms with Crippen LogP contribution in [-0.4, -0.2) is 70.7 Å². The van der Waals surface area contributed by atoms with Gasteiger partial charge in [0.1, 0.15) is 0 Å². The Labute approximate surface area is 166 Å².